The Morgan fingerprint density at radius 1 is 0.381 bits per heavy atom. The summed E-state index contributed by atoms with van der Waals surface area (Å²) in [4.78, 5) is 12.5. The lowest BCUT2D eigenvalue weighted by molar-refractivity contribution is -0.124. The molecule has 0 spiro atoms. The summed E-state index contributed by atoms with van der Waals surface area (Å²) in [5.41, 5.74) is 0. The van der Waals surface area contributed by atoms with Crippen molar-refractivity contribution in [2.75, 3.05) is 6.61 Å². The van der Waals surface area contributed by atoms with E-state index in [1.54, 1.807) is 0 Å². The van der Waals surface area contributed by atoms with Crippen LogP contribution in [-0.2, 0) is 4.79 Å². The second-order valence-electron chi connectivity index (χ2n) is 20.2. The van der Waals surface area contributed by atoms with Gasteiger partial charge < -0.3 is 20.6 Å². The summed E-state index contributed by atoms with van der Waals surface area (Å²) < 4.78 is 0. The van der Waals surface area contributed by atoms with Crippen LogP contribution in [-0.4, -0.2) is 46.1 Å². The van der Waals surface area contributed by atoms with Gasteiger partial charge in [-0.25, -0.2) is 0 Å². The summed E-state index contributed by atoms with van der Waals surface area (Å²) in [6.45, 7) is 4.21. The van der Waals surface area contributed by atoms with Crippen LogP contribution in [0, 0.1) is 0 Å². The van der Waals surface area contributed by atoms with Crippen LogP contribution < -0.4 is 5.32 Å². The highest BCUT2D eigenvalue weighted by Gasteiger charge is 2.26. The molecule has 0 aromatic heterocycles. The van der Waals surface area contributed by atoms with Gasteiger partial charge in [-0.15, -0.1) is 0 Å². The zero-order valence-electron chi connectivity index (χ0n) is 43.0. The van der Waals surface area contributed by atoms with Crippen molar-refractivity contribution in [2.45, 2.75) is 347 Å². The van der Waals surface area contributed by atoms with Crippen LogP contribution in [0.5, 0.6) is 0 Å². The first kappa shape index (κ1) is 62.1. The number of rotatable bonds is 54. The Kier molecular flexibility index (Phi) is 52.9. The minimum Gasteiger partial charge on any atom is -0.394 e. The average molecular weight is 891 g/mol. The number of carbonyl (C=O) groups excluding carboxylic acids is 1. The molecule has 3 unspecified atom stereocenters. The summed E-state index contributed by atoms with van der Waals surface area (Å²) in [6.07, 6.45) is 66.6. The highest BCUT2D eigenvalue weighted by molar-refractivity contribution is 5.76. The molecule has 0 rings (SSSR count). The fourth-order valence-electron chi connectivity index (χ4n) is 9.40. The van der Waals surface area contributed by atoms with Crippen LogP contribution in [0.4, 0.5) is 0 Å². The largest absolute Gasteiger partial charge is 0.394 e. The van der Waals surface area contributed by atoms with Crippen molar-refractivity contribution in [1.82, 2.24) is 5.32 Å². The van der Waals surface area contributed by atoms with E-state index in [1.165, 1.54) is 263 Å². The molecule has 376 valence electrons. The second-order valence-corrected chi connectivity index (χ2v) is 20.2. The lowest BCUT2D eigenvalue weighted by Gasteiger charge is -2.26. The molecular formula is C58H115NO4. The molecule has 0 fully saturated rings. The van der Waals surface area contributed by atoms with Crippen molar-refractivity contribution in [2.24, 2.45) is 0 Å². The molecule has 0 aliphatic carbocycles. The van der Waals surface area contributed by atoms with Gasteiger partial charge in [-0.05, 0) is 38.5 Å². The maximum atomic E-state index is 12.5. The standard InChI is InChI=1S/C58H115NO4/c1-3-5-7-9-11-13-15-17-19-21-23-25-27-28-29-30-31-33-35-37-39-41-43-45-47-49-51-53-57(62)59-55(54-60)58(63)56(61)52-50-48-46-44-42-40-38-36-34-32-26-24-22-20-18-16-14-12-10-8-6-4-2/h44,46,55-56,58,60-61,63H,3-43,45,47-54H2,1-2H3,(H,59,62)/b46-44+. The molecule has 0 heterocycles. The van der Waals surface area contributed by atoms with Gasteiger partial charge in [-0.2, -0.15) is 0 Å². The molecule has 5 heteroatoms. The molecule has 4 N–H and O–H groups in total. The SMILES string of the molecule is CCCCCCCCCCCCCCCCCCC/C=C/CCCC(O)C(O)C(CO)NC(=O)CCCCCCCCCCCCCCCCCCCCCCCCCCCCC. The molecule has 5 nitrogen and oxygen atoms in total. The summed E-state index contributed by atoms with van der Waals surface area (Å²) >= 11 is 0. The van der Waals surface area contributed by atoms with Crippen LogP contribution >= 0.6 is 0 Å². The highest BCUT2D eigenvalue weighted by atomic mass is 16.3. The third-order valence-electron chi connectivity index (χ3n) is 13.9. The van der Waals surface area contributed by atoms with Gasteiger partial charge in [-0.1, -0.05) is 296 Å². The second kappa shape index (κ2) is 53.7. The Bertz CT molecular complexity index is 894. The number of hydrogen-bond donors (Lipinski definition) is 4. The van der Waals surface area contributed by atoms with E-state index in [0.29, 0.717) is 12.8 Å². The molecule has 63 heavy (non-hydrogen) atoms. The number of carbonyl (C=O) groups is 1. The fraction of sp³-hybridized carbons (Fsp3) is 0.948. The van der Waals surface area contributed by atoms with Gasteiger partial charge in [0, 0.05) is 6.42 Å². The number of hydrogen-bond acceptors (Lipinski definition) is 4. The van der Waals surface area contributed by atoms with Crippen LogP contribution in [0.25, 0.3) is 0 Å². The number of aliphatic hydroxyl groups excluding tert-OH is 3. The van der Waals surface area contributed by atoms with E-state index in [0.717, 1.165) is 38.5 Å². The first-order chi connectivity index (χ1) is 31.1. The summed E-state index contributed by atoms with van der Waals surface area (Å²) in [5.74, 6) is -0.146. The van der Waals surface area contributed by atoms with Gasteiger partial charge in [0.15, 0.2) is 0 Å². The Labute approximate surface area is 395 Å². The molecular weight excluding hydrogens is 775 g/mol. The monoisotopic (exact) mass is 890 g/mol. The van der Waals surface area contributed by atoms with E-state index < -0.39 is 18.2 Å². The molecule has 0 aromatic carbocycles. The Morgan fingerprint density at radius 3 is 0.921 bits per heavy atom. The van der Waals surface area contributed by atoms with Crippen LogP contribution in [0.2, 0.25) is 0 Å². The molecule has 0 aliphatic heterocycles. The smallest absolute Gasteiger partial charge is 0.220 e. The van der Waals surface area contributed by atoms with E-state index >= 15 is 0 Å². The normalized spacial score (nSPS) is 13.3. The minimum absolute atomic E-state index is 0.146. The van der Waals surface area contributed by atoms with Gasteiger partial charge >= 0.3 is 0 Å². The minimum atomic E-state index is -1.16. The van der Waals surface area contributed by atoms with Gasteiger partial charge in [0.25, 0.3) is 0 Å². The van der Waals surface area contributed by atoms with E-state index in [-0.39, 0.29) is 12.5 Å². The van der Waals surface area contributed by atoms with Crippen LogP contribution in [0.15, 0.2) is 12.2 Å². The molecule has 0 bridgehead atoms. The summed E-state index contributed by atoms with van der Waals surface area (Å²) in [7, 11) is 0. The third kappa shape index (κ3) is 48.8. The maximum Gasteiger partial charge on any atom is 0.220 e. The van der Waals surface area contributed by atoms with E-state index in [4.69, 9.17) is 0 Å². The van der Waals surface area contributed by atoms with Crippen molar-refractivity contribution in [3.05, 3.63) is 12.2 Å². The van der Waals surface area contributed by atoms with Gasteiger partial charge in [0.1, 0.15) is 6.10 Å². The zero-order chi connectivity index (χ0) is 45.8. The van der Waals surface area contributed by atoms with E-state index in [1.807, 2.05) is 0 Å². The first-order valence-electron chi connectivity index (χ1n) is 29.0. The first-order valence-corrected chi connectivity index (χ1v) is 29.0. The maximum absolute atomic E-state index is 12.5. The zero-order valence-corrected chi connectivity index (χ0v) is 43.0. The van der Waals surface area contributed by atoms with Crippen LogP contribution in [0.1, 0.15) is 328 Å². The van der Waals surface area contributed by atoms with Crippen LogP contribution in [0.3, 0.4) is 0 Å². The molecule has 0 radical (unpaired) electrons. The lowest BCUT2D eigenvalue weighted by atomic mass is 10.0. The number of unbranched alkanes of at least 4 members (excludes halogenated alkanes) is 44. The Hall–Kier alpha value is -0.910. The van der Waals surface area contributed by atoms with Crippen molar-refractivity contribution in [1.29, 1.82) is 0 Å². The number of nitrogens with one attached hydrogen (secondary N) is 1. The van der Waals surface area contributed by atoms with E-state index in [9.17, 15) is 20.1 Å². The molecule has 1 amide bonds. The van der Waals surface area contributed by atoms with Crippen molar-refractivity contribution >= 4 is 5.91 Å². The van der Waals surface area contributed by atoms with Gasteiger partial charge in [-0.3, -0.25) is 4.79 Å². The summed E-state index contributed by atoms with van der Waals surface area (Å²) in [6, 6.07) is -0.823. The molecule has 3 atom stereocenters. The van der Waals surface area contributed by atoms with Gasteiger partial charge in [0.05, 0.1) is 18.8 Å². The quantitative estimate of drug-likeness (QED) is 0.0362. The third-order valence-corrected chi connectivity index (χ3v) is 13.9. The van der Waals surface area contributed by atoms with E-state index in [2.05, 4.69) is 31.3 Å². The topological polar surface area (TPSA) is 89.8 Å². The molecule has 0 saturated carbocycles. The predicted octanol–water partition coefficient (Wildman–Crippen LogP) is 17.9. The van der Waals surface area contributed by atoms with Crippen molar-refractivity contribution in [3.63, 3.8) is 0 Å². The number of amides is 1. The van der Waals surface area contributed by atoms with Crippen molar-refractivity contribution < 1.29 is 20.1 Å². The lowest BCUT2D eigenvalue weighted by Crippen LogP contribution is -2.50. The predicted molar refractivity (Wildman–Crippen MR) is 278 cm³/mol. The molecule has 0 aromatic rings. The number of aliphatic hydroxyl groups is 3. The summed E-state index contributed by atoms with van der Waals surface area (Å²) in [5, 5.41) is 33.8. The fourth-order valence-corrected chi connectivity index (χ4v) is 9.40. The average Bonchev–Trinajstić information content (AvgIpc) is 3.29. The van der Waals surface area contributed by atoms with Gasteiger partial charge in [0.2, 0.25) is 5.91 Å². The Morgan fingerprint density at radius 2 is 0.635 bits per heavy atom. The van der Waals surface area contributed by atoms with Crippen molar-refractivity contribution in [3.8, 4) is 0 Å². The highest BCUT2D eigenvalue weighted by Crippen LogP contribution is 2.18. The molecule has 0 aliphatic rings. The Balaban J connectivity index is 3.52. The number of allylic oxidation sites excluding steroid dienone is 2. The molecule has 0 saturated heterocycles.